The van der Waals surface area contributed by atoms with Crippen LogP contribution < -0.4 is 10.1 Å². The number of ether oxygens (including phenoxy) is 2. The molecule has 1 saturated heterocycles. The molecule has 0 radical (unpaired) electrons. The zero-order valence-corrected chi connectivity index (χ0v) is 17.8. The fourth-order valence-electron chi connectivity index (χ4n) is 3.69. The number of nitrogens with zero attached hydrogens (tertiary/aromatic N) is 1. The van der Waals surface area contributed by atoms with E-state index < -0.39 is 46.8 Å². The topological polar surface area (TPSA) is 77.5 Å². The van der Waals surface area contributed by atoms with Gasteiger partial charge in [-0.3, -0.25) is 14.6 Å². The fourth-order valence-corrected chi connectivity index (χ4v) is 3.69. The molecule has 10 heteroatoms. The molecule has 1 aromatic heterocycles. The van der Waals surface area contributed by atoms with Gasteiger partial charge in [-0.25, -0.2) is 13.2 Å². The molecular weight excluding hydrogens is 432 g/mol. The molecule has 1 amide bonds. The summed E-state index contributed by atoms with van der Waals surface area (Å²) in [5, 5.41) is 2.52. The SMILES string of the molecule is COc1c([C@H]2C[C@](C)(C(C)(F)F)O[C@@H]2C(=O)Nc2ccnc(C(C)=O)c2)ccc(F)c1F. The molecule has 0 unspecified atom stereocenters. The molecule has 172 valence electrons. The lowest BCUT2D eigenvalue weighted by atomic mass is 9.84. The van der Waals surface area contributed by atoms with E-state index in [0.29, 0.717) is 6.92 Å². The first-order chi connectivity index (χ1) is 14.9. The van der Waals surface area contributed by atoms with Gasteiger partial charge in [-0.05, 0) is 31.5 Å². The van der Waals surface area contributed by atoms with Crippen molar-refractivity contribution in [1.29, 1.82) is 0 Å². The number of benzene rings is 1. The zero-order valence-electron chi connectivity index (χ0n) is 17.8. The Morgan fingerprint density at radius 1 is 1.28 bits per heavy atom. The maximum atomic E-state index is 14.4. The van der Waals surface area contributed by atoms with Gasteiger partial charge in [0.25, 0.3) is 11.8 Å². The van der Waals surface area contributed by atoms with E-state index in [9.17, 15) is 27.2 Å². The van der Waals surface area contributed by atoms with E-state index in [1.165, 1.54) is 31.3 Å². The molecule has 0 aliphatic carbocycles. The van der Waals surface area contributed by atoms with Gasteiger partial charge < -0.3 is 14.8 Å². The standard InChI is InChI=1S/C22H22F4N2O4/c1-11(29)16-9-12(7-8-27-16)28-20(30)19-14(10-21(2,32-19)22(3,25)26)13-5-6-15(23)17(24)18(13)31-4/h5-9,14,19H,10H2,1-4H3,(H,27,28,30)/t14-,19+,21-/m1/s1. The van der Waals surface area contributed by atoms with Gasteiger partial charge in [-0.15, -0.1) is 0 Å². The number of carbonyl (C=O) groups excluding carboxylic acids is 2. The minimum atomic E-state index is -3.34. The lowest BCUT2D eigenvalue weighted by Crippen LogP contribution is -2.44. The van der Waals surface area contributed by atoms with Gasteiger partial charge in [0.1, 0.15) is 17.4 Å². The number of methoxy groups -OCH3 is 1. The lowest BCUT2D eigenvalue weighted by molar-refractivity contribution is -0.184. The van der Waals surface area contributed by atoms with Gasteiger partial charge in [-0.1, -0.05) is 6.07 Å². The Morgan fingerprint density at radius 3 is 2.56 bits per heavy atom. The average molecular weight is 454 g/mol. The van der Waals surface area contributed by atoms with E-state index in [2.05, 4.69) is 10.3 Å². The summed E-state index contributed by atoms with van der Waals surface area (Å²) in [5.41, 5.74) is -1.73. The number of hydrogen-bond donors (Lipinski definition) is 1. The Bertz CT molecular complexity index is 1060. The van der Waals surface area contributed by atoms with Crippen molar-refractivity contribution < 1.29 is 36.6 Å². The van der Waals surface area contributed by atoms with Crippen LogP contribution in [0.4, 0.5) is 23.2 Å². The summed E-state index contributed by atoms with van der Waals surface area (Å²) in [6, 6.07) is 4.77. The largest absolute Gasteiger partial charge is 0.493 e. The number of alkyl halides is 2. The van der Waals surface area contributed by atoms with Crippen LogP contribution in [-0.4, -0.2) is 41.4 Å². The monoisotopic (exact) mass is 454 g/mol. The number of rotatable bonds is 6. The molecule has 0 saturated carbocycles. The molecule has 1 fully saturated rings. The number of halogens is 4. The van der Waals surface area contributed by atoms with Crippen molar-refractivity contribution >= 4 is 17.4 Å². The molecule has 6 nitrogen and oxygen atoms in total. The van der Waals surface area contributed by atoms with Gasteiger partial charge in [0.2, 0.25) is 5.82 Å². The van der Waals surface area contributed by atoms with Crippen LogP contribution in [-0.2, 0) is 9.53 Å². The van der Waals surface area contributed by atoms with E-state index in [1.54, 1.807) is 0 Å². The number of carbonyl (C=O) groups is 2. The molecule has 3 rings (SSSR count). The predicted octanol–water partition coefficient (Wildman–Crippen LogP) is 4.50. The summed E-state index contributed by atoms with van der Waals surface area (Å²) in [6.45, 7) is 3.11. The maximum Gasteiger partial charge on any atom is 0.273 e. The van der Waals surface area contributed by atoms with Crippen molar-refractivity contribution in [3.8, 4) is 5.75 Å². The van der Waals surface area contributed by atoms with Gasteiger partial charge in [0.05, 0.1) is 7.11 Å². The highest BCUT2D eigenvalue weighted by Crippen LogP contribution is 2.50. The van der Waals surface area contributed by atoms with E-state index in [0.717, 1.165) is 20.1 Å². The Balaban J connectivity index is 2.01. The number of ketones is 1. The van der Waals surface area contributed by atoms with Crippen LogP contribution in [0.3, 0.4) is 0 Å². The summed E-state index contributed by atoms with van der Waals surface area (Å²) in [5.74, 6) is -8.49. The molecule has 1 aliphatic heterocycles. The van der Waals surface area contributed by atoms with Crippen LogP contribution in [0.15, 0.2) is 30.5 Å². The highest BCUT2D eigenvalue weighted by Gasteiger charge is 2.58. The van der Waals surface area contributed by atoms with Crippen LogP contribution in [0.2, 0.25) is 0 Å². The fraction of sp³-hybridized carbons (Fsp3) is 0.409. The van der Waals surface area contributed by atoms with Crippen LogP contribution in [0.1, 0.15) is 49.2 Å². The second-order valence-corrected chi connectivity index (χ2v) is 7.93. The van der Waals surface area contributed by atoms with Gasteiger partial charge in [0, 0.05) is 37.2 Å². The molecule has 32 heavy (non-hydrogen) atoms. The van der Waals surface area contributed by atoms with Crippen molar-refractivity contribution in [2.45, 2.75) is 50.7 Å². The van der Waals surface area contributed by atoms with Crippen LogP contribution in [0.5, 0.6) is 5.75 Å². The molecule has 3 atom stereocenters. The Morgan fingerprint density at radius 2 is 1.97 bits per heavy atom. The van der Waals surface area contributed by atoms with Crippen molar-refractivity contribution in [3.63, 3.8) is 0 Å². The molecular formula is C22H22F4N2O4. The molecule has 0 bridgehead atoms. The summed E-state index contributed by atoms with van der Waals surface area (Å²) in [4.78, 5) is 28.5. The summed E-state index contributed by atoms with van der Waals surface area (Å²) in [7, 11) is 1.11. The quantitative estimate of drug-likeness (QED) is 0.514. The number of amides is 1. The first kappa shape index (κ1) is 23.6. The second-order valence-electron chi connectivity index (χ2n) is 7.93. The van der Waals surface area contributed by atoms with Crippen LogP contribution in [0, 0.1) is 11.6 Å². The van der Waals surface area contributed by atoms with Gasteiger partial charge in [-0.2, -0.15) is 4.39 Å². The minimum Gasteiger partial charge on any atom is -0.493 e. The number of pyridine rings is 1. The number of nitrogens with one attached hydrogen (secondary N) is 1. The first-order valence-corrected chi connectivity index (χ1v) is 9.73. The van der Waals surface area contributed by atoms with Gasteiger partial charge in [0.15, 0.2) is 17.3 Å². The van der Waals surface area contributed by atoms with Crippen LogP contribution in [0.25, 0.3) is 0 Å². The van der Waals surface area contributed by atoms with Crippen LogP contribution >= 0.6 is 0 Å². The molecule has 2 aromatic rings. The maximum absolute atomic E-state index is 14.4. The number of Topliss-reactive ketones (excluding diaryl/α,β-unsaturated/α-hetero) is 1. The summed E-state index contributed by atoms with van der Waals surface area (Å²) in [6.07, 6.45) is -0.522. The molecule has 2 heterocycles. The third-order valence-corrected chi connectivity index (χ3v) is 5.62. The Labute approximate surface area is 181 Å². The van der Waals surface area contributed by atoms with Gasteiger partial charge >= 0.3 is 0 Å². The average Bonchev–Trinajstić information content (AvgIpc) is 3.09. The van der Waals surface area contributed by atoms with E-state index >= 15 is 0 Å². The number of hydrogen-bond acceptors (Lipinski definition) is 5. The number of anilines is 1. The normalized spacial score (nSPS) is 23.1. The highest BCUT2D eigenvalue weighted by atomic mass is 19.3. The van der Waals surface area contributed by atoms with E-state index in [1.807, 2.05) is 0 Å². The summed E-state index contributed by atoms with van der Waals surface area (Å²) < 4.78 is 67.3. The van der Waals surface area contributed by atoms with Crippen molar-refractivity contribution in [1.82, 2.24) is 4.98 Å². The second kappa shape index (κ2) is 8.50. The van der Waals surface area contributed by atoms with E-state index in [4.69, 9.17) is 9.47 Å². The molecule has 1 aliphatic rings. The zero-order chi connectivity index (χ0) is 23.8. The van der Waals surface area contributed by atoms with E-state index in [-0.39, 0.29) is 29.1 Å². The predicted molar refractivity (Wildman–Crippen MR) is 107 cm³/mol. The molecule has 1 aromatic carbocycles. The van der Waals surface area contributed by atoms with Crippen molar-refractivity contribution in [2.24, 2.45) is 0 Å². The smallest absolute Gasteiger partial charge is 0.273 e. The lowest BCUT2D eigenvalue weighted by Gasteiger charge is -2.30. The molecule has 0 spiro atoms. The number of aromatic nitrogens is 1. The first-order valence-electron chi connectivity index (χ1n) is 9.73. The third-order valence-electron chi connectivity index (χ3n) is 5.62. The highest BCUT2D eigenvalue weighted by molar-refractivity contribution is 5.97. The third kappa shape index (κ3) is 4.32. The minimum absolute atomic E-state index is 0.0266. The Hall–Kier alpha value is -3.01. The Kier molecular flexibility index (Phi) is 6.28. The summed E-state index contributed by atoms with van der Waals surface area (Å²) >= 11 is 0. The molecule has 1 N–H and O–H groups in total. The van der Waals surface area contributed by atoms with Crippen molar-refractivity contribution in [2.75, 3.05) is 12.4 Å². The van der Waals surface area contributed by atoms with Crippen molar-refractivity contribution in [3.05, 3.63) is 53.4 Å².